The van der Waals surface area contributed by atoms with Gasteiger partial charge in [-0.05, 0) is 52.7 Å². The summed E-state index contributed by atoms with van der Waals surface area (Å²) in [5.74, 6) is 0. The summed E-state index contributed by atoms with van der Waals surface area (Å²) in [4.78, 5) is 0. The van der Waals surface area contributed by atoms with Crippen molar-refractivity contribution in [3.8, 4) is 0 Å². The van der Waals surface area contributed by atoms with Crippen LogP contribution in [-0.2, 0) is 16.4 Å². The second-order valence-corrected chi connectivity index (χ2v) is 7.98. The molecule has 0 amide bonds. The number of halogens is 1. The molecule has 2 rings (SSSR count). The van der Waals surface area contributed by atoms with Crippen molar-refractivity contribution in [1.82, 2.24) is 3.97 Å². The lowest BCUT2D eigenvalue weighted by Crippen LogP contribution is -2.09. The fourth-order valence-electron chi connectivity index (χ4n) is 1.42. The Bertz CT molecular complexity index is 616. The van der Waals surface area contributed by atoms with Crippen molar-refractivity contribution >= 4 is 37.3 Å². The van der Waals surface area contributed by atoms with Gasteiger partial charge in [-0.3, -0.25) is 0 Å². The van der Waals surface area contributed by atoms with E-state index < -0.39 is 10.0 Å². The first-order valence-electron chi connectivity index (χ1n) is 4.92. The van der Waals surface area contributed by atoms with Gasteiger partial charge in [-0.1, -0.05) is 0 Å². The van der Waals surface area contributed by atoms with Crippen LogP contribution < -0.4 is 5.73 Å². The molecule has 0 spiro atoms. The summed E-state index contributed by atoms with van der Waals surface area (Å²) in [6, 6.07) is 5.08. The van der Waals surface area contributed by atoms with Crippen LogP contribution in [0.15, 0.2) is 38.6 Å². The number of hydrogen-bond acceptors (Lipinski definition) is 4. The van der Waals surface area contributed by atoms with Crippen LogP contribution in [0.3, 0.4) is 0 Å². The van der Waals surface area contributed by atoms with Crippen molar-refractivity contribution in [2.75, 3.05) is 6.54 Å². The zero-order valence-electron chi connectivity index (χ0n) is 8.84. The minimum Gasteiger partial charge on any atom is -0.330 e. The smallest absolute Gasteiger partial charge is 0.277 e. The van der Waals surface area contributed by atoms with Crippen LogP contribution in [0.1, 0.15) is 5.56 Å². The maximum Gasteiger partial charge on any atom is 0.277 e. The minimum absolute atomic E-state index is 0.319. The standard InChI is InChI=1S/C10H11BrN2O2S2/c11-9-1-2-10(16-9)17(14,15)13-6-4-8(7-13)3-5-12/h1-2,4,6-7H,3,5,12H2. The van der Waals surface area contributed by atoms with Crippen LogP contribution in [0.2, 0.25) is 0 Å². The van der Waals surface area contributed by atoms with Gasteiger partial charge >= 0.3 is 0 Å². The first kappa shape index (κ1) is 12.8. The van der Waals surface area contributed by atoms with Crippen LogP contribution in [-0.4, -0.2) is 18.9 Å². The van der Waals surface area contributed by atoms with E-state index in [0.717, 1.165) is 9.35 Å². The van der Waals surface area contributed by atoms with Crippen molar-refractivity contribution in [3.05, 3.63) is 39.9 Å². The summed E-state index contributed by atoms with van der Waals surface area (Å²) in [6.45, 7) is 0.509. The van der Waals surface area contributed by atoms with E-state index in [2.05, 4.69) is 15.9 Å². The third-order valence-corrected chi connectivity index (χ3v) is 5.97. The van der Waals surface area contributed by atoms with Gasteiger partial charge in [0.05, 0.1) is 3.79 Å². The highest BCUT2D eigenvalue weighted by Crippen LogP contribution is 2.27. The Kier molecular flexibility index (Phi) is 3.72. The largest absolute Gasteiger partial charge is 0.330 e. The molecule has 2 N–H and O–H groups in total. The highest BCUT2D eigenvalue weighted by Gasteiger charge is 2.18. The molecular formula is C10H11BrN2O2S2. The summed E-state index contributed by atoms with van der Waals surface area (Å²) in [7, 11) is -3.45. The highest BCUT2D eigenvalue weighted by molar-refractivity contribution is 9.11. The highest BCUT2D eigenvalue weighted by atomic mass is 79.9. The van der Waals surface area contributed by atoms with Gasteiger partial charge in [-0.15, -0.1) is 11.3 Å². The van der Waals surface area contributed by atoms with Gasteiger partial charge in [-0.2, -0.15) is 8.42 Å². The molecule has 7 heteroatoms. The number of thiophene rings is 1. The number of nitrogens with two attached hydrogens (primary N) is 1. The normalized spacial score (nSPS) is 11.9. The Morgan fingerprint density at radius 3 is 2.71 bits per heavy atom. The molecule has 0 fully saturated rings. The third kappa shape index (κ3) is 2.62. The van der Waals surface area contributed by atoms with E-state index in [-0.39, 0.29) is 0 Å². The van der Waals surface area contributed by atoms with Crippen LogP contribution in [0, 0.1) is 0 Å². The maximum absolute atomic E-state index is 12.2. The molecule has 0 radical (unpaired) electrons. The van der Waals surface area contributed by atoms with Crippen molar-refractivity contribution in [1.29, 1.82) is 0 Å². The molecule has 0 unspecified atom stereocenters. The molecule has 17 heavy (non-hydrogen) atoms. The van der Waals surface area contributed by atoms with E-state index >= 15 is 0 Å². The summed E-state index contributed by atoms with van der Waals surface area (Å²) >= 11 is 4.45. The monoisotopic (exact) mass is 334 g/mol. The van der Waals surface area contributed by atoms with Crippen LogP contribution in [0.4, 0.5) is 0 Å². The molecule has 0 aliphatic rings. The Hall–Kier alpha value is -0.630. The van der Waals surface area contributed by atoms with Gasteiger partial charge in [0, 0.05) is 12.4 Å². The molecule has 0 saturated carbocycles. The lowest BCUT2D eigenvalue weighted by Gasteiger charge is -2.01. The molecular weight excluding hydrogens is 324 g/mol. The fraction of sp³-hybridized carbons (Fsp3) is 0.200. The number of hydrogen-bond donors (Lipinski definition) is 1. The van der Waals surface area contributed by atoms with Crippen molar-refractivity contribution in [2.45, 2.75) is 10.6 Å². The predicted molar refractivity (Wildman–Crippen MR) is 71.8 cm³/mol. The van der Waals surface area contributed by atoms with E-state index in [0.29, 0.717) is 17.2 Å². The van der Waals surface area contributed by atoms with E-state index in [4.69, 9.17) is 5.73 Å². The molecule has 0 atom stereocenters. The van der Waals surface area contributed by atoms with E-state index in [1.807, 2.05) is 0 Å². The second kappa shape index (κ2) is 4.93. The van der Waals surface area contributed by atoms with Gasteiger partial charge in [0.2, 0.25) is 0 Å². The van der Waals surface area contributed by atoms with Gasteiger partial charge in [0.15, 0.2) is 0 Å². The topological polar surface area (TPSA) is 65.1 Å². The van der Waals surface area contributed by atoms with Crippen molar-refractivity contribution in [2.24, 2.45) is 5.73 Å². The Labute approximate surface area is 112 Å². The SMILES string of the molecule is NCCc1ccn(S(=O)(=O)c2ccc(Br)s2)c1. The first-order valence-corrected chi connectivity index (χ1v) is 7.97. The molecule has 0 bridgehead atoms. The summed E-state index contributed by atoms with van der Waals surface area (Å²) in [5.41, 5.74) is 6.35. The molecule has 2 aromatic heterocycles. The Morgan fingerprint density at radius 2 is 2.12 bits per heavy atom. The predicted octanol–water partition coefficient (Wildman–Crippen LogP) is 2.05. The molecule has 0 aliphatic carbocycles. The number of nitrogens with zero attached hydrogens (tertiary/aromatic N) is 1. The van der Waals surface area contributed by atoms with Crippen LogP contribution >= 0.6 is 27.3 Å². The molecule has 2 heterocycles. The minimum atomic E-state index is -3.45. The molecule has 4 nitrogen and oxygen atoms in total. The van der Waals surface area contributed by atoms with Gasteiger partial charge in [0.25, 0.3) is 10.0 Å². The van der Waals surface area contributed by atoms with Crippen molar-refractivity contribution < 1.29 is 8.42 Å². The molecule has 2 aromatic rings. The Balaban J connectivity index is 2.37. The summed E-state index contributed by atoms with van der Waals surface area (Å²) in [5, 5.41) is 0. The summed E-state index contributed by atoms with van der Waals surface area (Å²) < 4.78 is 26.7. The zero-order chi connectivity index (χ0) is 12.5. The second-order valence-electron chi connectivity index (χ2n) is 3.45. The first-order chi connectivity index (χ1) is 8.04. The number of aromatic nitrogens is 1. The average molecular weight is 335 g/mol. The lowest BCUT2D eigenvalue weighted by molar-refractivity contribution is 0.589. The van der Waals surface area contributed by atoms with Gasteiger partial charge < -0.3 is 5.73 Å². The zero-order valence-corrected chi connectivity index (χ0v) is 12.1. The average Bonchev–Trinajstić information content (AvgIpc) is 2.88. The maximum atomic E-state index is 12.2. The van der Waals surface area contributed by atoms with Crippen LogP contribution in [0.25, 0.3) is 0 Å². The lowest BCUT2D eigenvalue weighted by atomic mass is 10.2. The van der Waals surface area contributed by atoms with E-state index in [1.54, 1.807) is 30.6 Å². The molecule has 92 valence electrons. The van der Waals surface area contributed by atoms with E-state index in [1.165, 1.54) is 15.3 Å². The van der Waals surface area contributed by atoms with Crippen molar-refractivity contribution in [3.63, 3.8) is 0 Å². The fourth-order valence-corrected chi connectivity index (χ4v) is 4.76. The molecule has 0 saturated heterocycles. The summed E-state index contributed by atoms with van der Waals surface area (Å²) in [6.07, 6.45) is 3.83. The van der Waals surface area contributed by atoms with E-state index in [9.17, 15) is 8.42 Å². The quantitative estimate of drug-likeness (QED) is 0.930. The molecule has 0 aromatic carbocycles. The third-order valence-electron chi connectivity index (χ3n) is 2.24. The van der Waals surface area contributed by atoms with Gasteiger partial charge in [0.1, 0.15) is 4.21 Å². The number of rotatable bonds is 4. The van der Waals surface area contributed by atoms with Gasteiger partial charge in [-0.25, -0.2) is 3.97 Å². The van der Waals surface area contributed by atoms with Crippen LogP contribution in [0.5, 0.6) is 0 Å². The molecule has 0 aliphatic heterocycles. The Morgan fingerprint density at radius 1 is 1.35 bits per heavy atom.